The zero-order valence-electron chi connectivity index (χ0n) is 16.2. The Morgan fingerprint density at radius 2 is 1.81 bits per heavy atom. The van der Waals surface area contributed by atoms with Crippen LogP contribution in [0.4, 0.5) is 18.9 Å². The second-order valence-corrected chi connectivity index (χ2v) is 9.25. The Morgan fingerprint density at radius 1 is 1.13 bits per heavy atom. The van der Waals surface area contributed by atoms with Crippen LogP contribution in [0, 0.1) is 5.92 Å². The molecule has 2 amide bonds. The molecule has 0 spiro atoms. The number of fused-ring (bicyclic) bond motifs is 1. The lowest BCUT2D eigenvalue weighted by Crippen LogP contribution is -2.33. The Hall–Kier alpha value is -3.14. The molecule has 1 fully saturated rings. The second kappa shape index (κ2) is 7.23. The first-order chi connectivity index (χ1) is 14.5. The number of alkyl halides is 3. The maximum atomic E-state index is 13.0. The number of carbonyl (C=O) groups is 2. The van der Waals surface area contributed by atoms with E-state index in [0.717, 1.165) is 17.5 Å². The molecular formula is C21H17F3N2O4S. The smallest absolute Gasteiger partial charge is 0.344 e. The lowest BCUT2D eigenvalue weighted by Gasteiger charge is -2.18. The summed E-state index contributed by atoms with van der Waals surface area (Å²) in [5, 5.41) is 3.58. The van der Waals surface area contributed by atoms with E-state index in [1.165, 1.54) is 36.2 Å². The fraction of sp³-hybridized carbons (Fsp3) is 0.238. The first kappa shape index (κ1) is 21.1. The van der Waals surface area contributed by atoms with Crippen molar-refractivity contribution in [2.45, 2.75) is 17.0 Å². The predicted molar refractivity (Wildman–Crippen MR) is 107 cm³/mol. The topological polar surface area (TPSA) is 83.6 Å². The molecule has 2 aromatic rings. The fourth-order valence-corrected chi connectivity index (χ4v) is 5.31. The highest BCUT2D eigenvalue weighted by Crippen LogP contribution is 2.38. The van der Waals surface area contributed by atoms with E-state index in [9.17, 15) is 31.2 Å². The van der Waals surface area contributed by atoms with E-state index < -0.39 is 45.2 Å². The maximum absolute atomic E-state index is 13.0. The quantitative estimate of drug-likeness (QED) is 0.728. The maximum Gasteiger partial charge on any atom is 0.416 e. The van der Waals surface area contributed by atoms with Crippen LogP contribution < -0.4 is 5.32 Å². The van der Waals surface area contributed by atoms with Crippen molar-refractivity contribution in [2.24, 2.45) is 5.92 Å². The number of amides is 2. The van der Waals surface area contributed by atoms with Gasteiger partial charge < -0.3 is 10.2 Å². The van der Waals surface area contributed by atoms with Crippen LogP contribution in [0.1, 0.15) is 22.6 Å². The molecule has 0 aliphatic carbocycles. The van der Waals surface area contributed by atoms with Crippen LogP contribution >= 0.6 is 0 Å². The molecule has 0 radical (unpaired) electrons. The zero-order chi connectivity index (χ0) is 22.6. The lowest BCUT2D eigenvalue weighted by molar-refractivity contribution is -0.138. The SMILES string of the molecule is CN1C[C@H](c2ccc(C(F)(F)F)cc2)[C@@H](C(=O)Nc2cccc3c2S(=O)(=O)C=C3)C1=O. The van der Waals surface area contributed by atoms with Gasteiger partial charge in [0.05, 0.1) is 11.3 Å². The number of nitrogens with one attached hydrogen (secondary N) is 1. The van der Waals surface area contributed by atoms with Gasteiger partial charge in [-0.15, -0.1) is 0 Å². The Bertz CT molecular complexity index is 1200. The van der Waals surface area contributed by atoms with Gasteiger partial charge in [0.15, 0.2) is 0 Å². The van der Waals surface area contributed by atoms with E-state index in [1.54, 1.807) is 12.1 Å². The minimum absolute atomic E-state index is 0.0479. The first-order valence-corrected chi connectivity index (χ1v) is 10.8. The minimum atomic E-state index is -4.50. The van der Waals surface area contributed by atoms with E-state index in [-0.39, 0.29) is 17.1 Å². The Balaban J connectivity index is 1.64. The third kappa shape index (κ3) is 3.71. The van der Waals surface area contributed by atoms with Gasteiger partial charge in [-0.05, 0) is 35.4 Å². The standard InChI is InChI=1S/C21H17F3N2O4S/c1-26-11-15(12-5-7-14(8-6-12)21(22,23)24)17(20(26)28)19(27)25-16-4-2-3-13-9-10-31(29,30)18(13)16/h2-10,15,17H,11H2,1H3,(H,25,27)/t15-,17+/m1/s1. The van der Waals surface area contributed by atoms with E-state index in [0.29, 0.717) is 11.1 Å². The summed E-state index contributed by atoms with van der Waals surface area (Å²) in [6.45, 7) is 0.148. The lowest BCUT2D eigenvalue weighted by atomic mass is 9.87. The number of rotatable bonds is 3. The molecule has 2 aromatic carbocycles. The van der Waals surface area contributed by atoms with Crippen molar-refractivity contribution in [2.75, 3.05) is 18.9 Å². The first-order valence-electron chi connectivity index (χ1n) is 9.28. The van der Waals surface area contributed by atoms with Gasteiger partial charge in [-0.1, -0.05) is 24.3 Å². The molecule has 0 bridgehead atoms. The summed E-state index contributed by atoms with van der Waals surface area (Å²) in [5.41, 5.74) is 0.0684. The molecule has 2 aliphatic rings. The van der Waals surface area contributed by atoms with Crippen molar-refractivity contribution in [1.82, 2.24) is 4.90 Å². The van der Waals surface area contributed by atoms with Gasteiger partial charge in [-0.3, -0.25) is 9.59 Å². The summed E-state index contributed by atoms with van der Waals surface area (Å²) in [7, 11) is -2.21. The van der Waals surface area contributed by atoms with Crippen LogP contribution in [-0.4, -0.2) is 38.7 Å². The molecule has 31 heavy (non-hydrogen) atoms. The van der Waals surface area contributed by atoms with Crippen LogP contribution in [0.2, 0.25) is 0 Å². The molecule has 162 valence electrons. The number of sulfone groups is 1. The fourth-order valence-electron chi connectivity index (χ4n) is 3.96. The third-order valence-electron chi connectivity index (χ3n) is 5.48. The largest absolute Gasteiger partial charge is 0.416 e. The van der Waals surface area contributed by atoms with E-state index in [1.807, 2.05) is 0 Å². The van der Waals surface area contributed by atoms with Crippen LogP contribution in [0.5, 0.6) is 0 Å². The predicted octanol–water partition coefficient (Wildman–Crippen LogP) is 3.27. The number of carbonyl (C=O) groups excluding carboxylic acids is 2. The number of likely N-dealkylation sites (tertiary alicyclic amines) is 1. The normalized spacial score (nSPS) is 21.9. The molecule has 0 unspecified atom stereocenters. The van der Waals surface area contributed by atoms with Crippen molar-refractivity contribution in [3.63, 3.8) is 0 Å². The molecule has 4 rings (SSSR count). The highest BCUT2D eigenvalue weighted by Gasteiger charge is 2.45. The summed E-state index contributed by atoms with van der Waals surface area (Å²) < 4.78 is 63.2. The number of anilines is 1. The monoisotopic (exact) mass is 450 g/mol. The second-order valence-electron chi connectivity index (χ2n) is 7.48. The average Bonchev–Trinajstić information content (AvgIpc) is 3.18. The molecule has 1 saturated heterocycles. The van der Waals surface area contributed by atoms with Gasteiger partial charge in [-0.25, -0.2) is 8.42 Å². The van der Waals surface area contributed by atoms with Gasteiger partial charge in [0.25, 0.3) is 0 Å². The molecule has 1 N–H and O–H groups in total. The molecule has 0 saturated carbocycles. The van der Waals surface area contributed by atoms with E-state index in [2.05, 4.69) is 5.32 Å². The number of halogens is 3. The van der Waals surface area contributed by atoms with Crippen LogP contribution in [0.3, 0.4) is 0 Å². The van der Waals surface area contributed by atoms with E-state index in [4.69, 9.17) is 0 Å². The van der Waals surface area contributed by atoms with Crippen molar-refractivity contribution in [1.29, 1.82) is 0 Å². The molecule has 0 aromatic heterocycles. The Kier molecular flexibility index (Phi) is 4.92. The summed E-state index contributed by atoms with van der Waals surface area (Å²) in [4.78, 5) is 27.0. The third-order valence-corrected chi connectivity index (χ3v) is 7.00. The van der Waals surface area contributed by atoms with E-state index >= 15 is 0 Å². The molecule has 6 nitrogen and oxygen atoms in total. The van der Waals surface area contributed by atoms with Crippen molar-refractivity contribution >= 4 is 33.4 Å². The van der Waals surface area contributed by atoms with Crippen molar-refractivity contribution in [3.8, 4) is 0 Å². The zero-order valence-corrected chi connectivity index (χ0v) is 17.0. The van der Waals surface area contributed by atoms with Crippen molar-refractivity contribution < 1.29 is 31.2 Å². The van der Waals surface area contributed by atoms with Crippen LogP contribution in [0.15, 0.2) is 52.8 Å². The summed E-state index contributed by atoms with van der Waals surface area (Å²) >= 11 is 0. The molecule has 10 heteroatoms. The van der Waals surface area contributed by atoms with Gasteiger partial charge in [0.1, 0.15) is 10.8 Å². The molecule has 2 atom stereocenters. The van der Waals surface area contributed by atoms with Gasteiger partial charge in [-0.2, -0.15) is 13.2 Å². The Labute approximate surface area is 176 Å². The number of hydrogen-bond donors (Lipinski definition) is 1. The number of nitrogens with zero attached hydrogens (tertiary/aromatic N) is 1. The van der Waals surface area contributed by atoms with Crippen LogP contribution in [-0.2, 0) is 25.6 Å². The molecule has 2 heterocycles. The molecule has 2 aliphatic heterocycles. The molecular weight excluding hydrogens is 433 g/mol. The summed E-state index contributed by atoms with van der Waals surface area (Å²) in [6.07, 6.45) is -3.08. The number of benzene rings is 2. The number of hydrogen-bond acceptors (Lipinski definition) is 4. The van der Waals surface area contributed by atoms with Gasteiger partial charge in [0.2, 0.25) is 21.7 Å². The Morgan fingerprint density at radius 3 is 2.45 bits per heavy atom. The number of likely N-dealkylation sites (N-methyl/N-ethyl adjacent to an activating group) is 1. The van der Waals surface area contributed by atoms with Gasteiger partial charge in [0, 0.05) is 24.9 Å². The summed E-state index contributed by atoms with van der Waals surface area (Å²) in [6, 6.07) is 8.94. The average molecular weight is 450 g/mol. The highest BCUT2D eigenvalue weighted by molar-refractivity contribution is 7.95. The van der Waals surface area contributed by atoms with Crippen LogP contribution in [0.25, 0.3) is 6.08 Å². The minimum Gasteiger partial charge on any atom is -0.344 e. The van der Waals surface area contributed by atoms with Gasteiger partial charge >= 0.3 is 6.18 Å². The highest BCUT2D eigenvalue weighted by atomic mass is 32.2. The van der Waals surface area contributed by atoms with Crippen molar-refractivity contribution in [3.05, 3.63) is 64.6 Å². The summed E-state index contributed by atoms with van der Waals surface area (Å²) in [5.74, 6) is -3.08.